The van der Waals surface area contributed by atoms with E-state index < -0.39 is 23.6 Å². The predicted molar refractivity (Wildman–Crippen MR) is 65.6 cm³/mol. The minimum Gasteiger partial charge on any atom is -0.218 e. The number of benzene rings is 1. The molecule has 0 nitrogen and oxygen atoms in total. The number of halogens is 9. The lowest BCUT2D eigenvalue weighted by Gasteiger charge is -2.30. The van der Waals surface area contributed by atoms with Gasteiger partial charge in [-0.1, -0.05) is 0 Å². The zero-order valence-corrected chi connectivity index (χ0v) is 12.4. The second-order valence-corrected chi connectivity index (χ2v) is 5.54. The highest BCUT2D eigenvalue weighted by molar-refractivity contribution is 14.1. The third-order valence-corrected chi connectivity index (χ3v) is 3.14. The summed E-state index contributed by atoms with van der Waals surface area (Å²) in [6, 6.07) is 3.41. The van der Waals surface area contributed by atoms with Gasteiger partial charge in [0, 0.05) is 18.8 Å². The molecule has 0 fully saturated rings. The first-order valence-electron chi connectivity index (χ1n) is 4.11. The van der Waals surface area contributed by atoms with E-state index in [2.05, 4.69) is 6.07 Å². The molecule has 0 aliphatic carbocycles. The molecule has 1 radical (unpaired) electrons. The lowest BCUT2D eigenvalue weighted by Crippen LogP contribution is -2.50. The summed E-state index contributed by atoms with van der Waals surface area (Å²) in [5.41, 5.74) is -6.87. The molecule has 9 heteroatoms. The first-order chi connectivity index (χ1) is 7.89. The van der Waals surface area contributed by atoms with Crippen LogP contribution in [0.4, 0.5) is 30.7 Å². The third-order valence-electron chi connectivity index (χ3n) is 1.98. The largest absolute Gasteiger partial charge is 0.435 e. The van der Waals surface area contributed by atoms with Crippen molar-refractivity contribution < 1.29 is 30.7 Å². The van der Waals surface area contributed by atoms with E-state index in [1.54, 1.807) is 0 Å². The summed E-state index contributed by atoms with van der Waals surface area (Å²) in [6.45, 7) is 0. The molecule has 0 N–H and O–H groups in total. The fraction of sp³-hybridized carbons (Fsp3) is 0.333. The summed E-state index contributed by atoms with van der Waals surface area (Å²) in [4.78, 5) is 0. The van der Waals surface area contributed by atoms with Gasteiger partial charge in [0.05, 0.1) is 0 Å². The summed E-state index contributed by atoms with van der Waals surface area (Å²) in [5, 5.41) is 0. The molecule has 1 aromatic carbocycles. The topological polar surface area (TPSA) is 0 Å². The van der Waals surface area contributed by atoms with Crippen molar-refractivity contribution >= 4 is 45.2 Å². The summed E-state index contributed by atoms with van der Waals surface area (Å²) in [5.74, 6) is 0. The molecule has 1 aromatic rings. The van der Waals surface area contributed by atoms with Gasteiger partial charge in [-0.3, -0.25) is 0 Å². The van der Waals surface area contributed by atoms with Gasteiger partial charge in [-0.25, -0.2) is 4.39 Å². The average molecular weight is 497 g/mol. The van der Waals surface area contributed by atoms with Crippen LogP contribution in [0.3, 0.4) is 0 Å². The fourth-order valence-corrected chi connectivity index (χ4v) is 2.96. The van der Waals surface area contributed by atoms with E-state index in [0.29, 0.717) is 12.1 Å². The molecule has 0 heterocycles. The van der Waals surface area contributed by atoms with Crippen LogP contribution in [0.25, 0.3) is 0 Å². The number of hydrogen-bond acceptors (Lipinski definition) is 0. The van der Waals surface area contributed by atoms with Crippen molar-refractivity contribution in [2.24, 2.45) is 0 Å². The monoisotopic (exact) mass is 497 g/mol. The molecular weight excluding hydrogens is 495 g/mol. The Morgan fingerprint density at radius 2 is 1.11 bits per heavy atom. The molecule has 1 rings (SSSR count). The van der Waals surface area contributed by atoms with Crippen LogP contribution < -0.4 is 0 Å². The highest BCUT2D eigenvalue weighted by Crippen LogP contribution is 2.53. The minimum absolute atomic E-state index is 0.0370. The Kier molecular flexibility index (Phi) is 4.46. The average Bonchev–Trinajstić information content (AvgIpc) is 2.11. The SMILES string of the molecule is FC(F)(F)C(F)(c1cc(I)[c]c(I)c1)C(F)(F)F. The second-order valence-electron chi connectivity index (χ2n) is 3.22. The van der Waals surface area contributed by atoms with Crippen molar-refractivity contribution in [1.29, 1.82) is 0 Å². The maximum absolute atomic E-state index is 13.6. The van der Waals surface area contributed by atoms with E-state index in [4.69, 9.17) is 0 Å². The van der Waals surface area contributed by atoms with Crippen molar-refractivity contribution in [3.05, 3.63) is 30.9 Å². The Morgan fingerprint density at radius 3 is 1.39 bits per heavy atom. The highest BCUT2D eigenvalue weighted by atomic mass is 127. The van der Waals surface area contributed by atoms with E-state index in [-0.39, 0.29) is 7.14 Å². The molecule has 0 saturated heterocycles. The Labute approximate surface area is 124 Å². The zero-order chi connectivity index (χ0) is 14.4. The minimum atomic E-state index is -6.08. The van der Waals surface area contributed by atoms with Crippen LogP contribution in [-0.2, 0) is 5.67 Å². The van der Waals surface area contributed by atoms with Crippen LogP contribution >= 0.6 is 45.2 Å². The first kappa shape index (κ1) is 16.2. The van der Waals surface area contributed by atoms with Gasteiger partial charge in [0.2, 0.25) is 0 Å². The van der Waals surface area contributed by atoms with Crippen molar-refractivity contribution in [1.82, 2.24) is 0 Å². The zero-order valence-electron chi connectivity index (χ0n) is 8.06. The van der Waals surface area contributed by atoms with Gasteiger partial charge in [-0.15, -0.1) is 0 Å². The smallest absolute Gasteiger partial charge is 0.218 e. The molecule has 0 saturated carbocycles. The summed E-state index contributed by atoms with van der Waals surface area (Å²) in [6.07, 6.45) is -12.2. The van der Waals surface area contributed by atoms with Gasteiger partial charge < -0.3 is 0 Å². The standard InChI is InChI=1S/C9H2F7I2/c10-7(8(11,12)13,9(14,15)16)4-1-5(17)3-6(18)2-4/h1-2H. The second kappa shape index (κ2) is 4.94. The quantitative estimate of drug-likeness (QED) is 0.380. The predicted octanol–water partition coefficient (Wildman–Crippen LogP) is 4.99. The molecule has 0 bridgehead atoms. The third kappa shape index (κ3) is 2.85. The summed E-state index contributed by atoms with van der Waals surface area (Å²) in [7, 11) is 0. The lowest BCUT2D eigenvalue weighted by atomic mass is 9.94. The van der Waals surface area contributed by atoms with Crippen LogP contribution in [-0.4, -0.2) is 12.4 Å². The van der Waals surface area contributed by atoms with Gasteiger partial charge in [0.1, 0.15) is 0 Å². The Balaban J connectivity index is 3.55. The van der Waals surface area contributed by atoms with Crippen LogP contribution in [0.1, 0.15) is 5.56 Å². The number of alkyl halides is 7. The van der Waals surface area contributed by atoms with Crippen LogP contribution in [0.2, 0.25) is 0 Å². The molecule has 18 heavy (non-hydrogen) atoms. The van der Waals surface area contributed by atoms with Crippen molar-refractivity contribution in [3.63, 3.8) is 0 Å². The Morgan fingerprint density at radius 1 is 0.778 bits per heavy atom. The maximum Gasteiger partial charge on any atom is 0.435 e. The molecule has 0 aliphatic rings. The van der Waals surface area contributed by atoms with E-state index >= 15 is 0 Å². The van der Waals surface area contributed by atoms with Crippen LogP contribution in [0.5, 0.6) is 0 Å². The van der Waals surface area contributed by atoms with E-state index in [1.807, 2.05) is 0 Å². The molecule has 101 valence electrons. The van der Waals surface area contributed by atoms with Gasteiger partial charge in [-0.2, -0.15) is 26.3 Å². The molecular formula is C9H2F7I2. The van der Waals surface area contributed by atoms with Gasteiger partial charge in [0.25, 0.3) is 0 Å². The molecule has 0 atom stereocenters. The van der Waals surface area contributed by atoms with Crippen molar-refractivity contribution in [2.45, 2.75) is 18.0 Å². The van der Waals surface area contributed by atoms with Crippen LogP contribution in [0, 0.1) is 13.2 Å². The van der Waals surface area contributed by atoms with E-state index in [9.17, 15) is 30.7 Å². The normalized spacial score (nSPS) is 13.8. The lowest BCUT2D eigenvalue weighted by molar-refractivity contribution is -0.348. The molecule has 0 unspecified atom stereocenters. The summed E-state index contributed by atoms with van der Waals surface area (Å²) < 4.78 is 88.2. The fourth-order valence-electron chi connectivity index (χ4n) is 1.19. The van der Waals surface area contributed by atoms with Crippen LogP contribution in [0.15, 0.2) is 12.1 Å². The van der Waals surface area contributed by atoms with Gasteiger partial charge >= 0.3 is 18.0 Å². The van der Waals surface area contributed by atoms with Gasteiger partial charge in [-0.05, 0) is 57.3 Å². The van der Waals surface area contributed by atoms with Crippen molar-refractivity contribution in [2.75, 3.05) is 0 Å². The highest BCUT2D eigenvalue weighted by Gasteiger charge is 2.73. The van der Waals surface area contributed by atoms with Crippen molar-refractivity contribution in [3.8, 4) is 0 Å². The first-order valence-corrected chi connectivity index (χ1v) is 6.26. The molecule has 0 spiro atoms. The Bertz CT molecular complexity index is 415. The van der Waals surface area contributed by atoms with E-state index in [0.717, 1.165) is 0 Å². The molecule has 0 amide bonds. The number of hydrogen-bond donors (Lipinski definition) is 0. The Hall–Kier alpha value is 0.190. The number of rotatable bonds is 1. The van der Waals surface area contributed by atoms with E-state index in [1.165, 1.54) is 45.2 Å². The van der Waals surface area contributed by atoms with Gasteiger partial charge in [0.15, 0.2) is 0 Å². The molecule has 0 aliphatic heterocycles. The maximum atomic E-state index is 13.6. The summed E-state index contributed by atoms with van der Waals surface area (Å²) >= 11 is 2.93. The molecule has 0 aromatic heterocycles.